The lowest BCUT2D eigenvalue weighted by Crippen LogP contribution is -2.11. The summed E-state index contributed by atoms with van der Waals surface area (Å²) in [7, 11) is -3.26. The molecule has 104 valence electrons. The summed E-state index contributed by atoms with van der Waals surface area (Å²) in [5.74, 6) is -0.130. The zero-order valence-corrected chi connectivity index (χ0v) is 12.1. The smallest absolute Gasteiger partial charge is 0.253 e. The van der Waals surface area contributed by atoms with Gasteiger partial charge in [0.25, 0.3) is 5.91 Å². The number of carbonyl (C=O) groups excluding carboxylic acids is 1. The van der Waals surface area contributed by atoms with Crippen molar-refractivity contribution in [3.05, 3.63) is 60.2 Å². The summed E-state index contributed by atoms with van der Waals surface area (Å²) in [6, 6.07) is 15.6. The van der Waals surface area contributed by atoms with Gasteiger partial charge in [-0.05, 0) is 31.2 Å². The molecule has 0 aliphatic carbocycles. The normalized spacial score (nSPS) is 13.3. The Bertz CT molecular complexity index is 715. The predicted molar refractivity (Wildman–Crippen MR) is 77.8 cm³/mol. The minimum absolute atomic E-state index is 0.377. The van der Waals surface area contributed by atoms with Crippen molar-refractivity contribution in [1.82, 2.24) is 0 Å². The van der Waals surface area contributed by atoms with Gasteiger partial charge in [0.2, 0.25) is 10.0 Å². The summed E-state index contributed by atoms with van der Waals surface area (Å²) in [6.07, 6.45) is 0. The van der Waals surface area contributed by atoms with Gasteiger partial charge in [0.15, 0.2) is 0 Å². The van der Waals surface area contributed by atoms with Gasteiger partial charge in [0, 0.05) is 6.92 Å². The monoisotopic (exact) mass is 289 g/mol. The van der Waals surface area contributed by atoms with Gasteiger partial charge < -0.3 is 4.18 Å². The van der Waals surface area contributed by atoms with E-state index in [1.807, 2.05) is 13.0 Å². The first-order chi connectivity index (χ1) is 9.49. The number of aryl methyl sites for hydroxylation is 1. The minimum atomic E-state index is -3.26. The fourth-order valence-electron chi connectivity index (χ4n) is 1.61. The van der Waals surface area contributed by atoms with E-state index in [0.29, 0.717) is 10.6 Å². The Morgan fingerprint density at radius 3 is 2.20 bits per heavy atom. The molecule has 5 heteroatoms. The number of benzene rings is 2. The van der Waals surface area contributed by atoms with Crippen LogP contribution in [0.25, 0.3) is 0 Å². The molecule has 20 heavy (non-hydrogen) atoms. The summed E-state index contributed by atoms with van der Waals surface area (Å²) in [5, 5.41) is 0. The Balaban J connectivity index is 2.49. The second kappa shape index (κ2) is 5.88. The molecule has 0 aromatic heterocycles. The van der Waals surface area contributed by atoms with Crippen molar-refractivity contribution >= 4 is 15.9 Å². The molecule has 0 saturated carbocycles. The van der Waals surface area contributed by atoms with Crippen molar-refractivity contribution in [2.45, 2.75) is 18.7 Å². The second-order valence-electron chi connectivity index (χ2n) is 4.29. The van der Waals surface area contributed by atoms with Gasteiger partial charge in [-0.15, -0.1) is 4.36 Å². The molecule has 1 amide bonds. The molecule has 2 aromatic carbocycles. The molecule has 4 nitrogen and oxygen atoms in total. The largest absolute Gasteiger partial charge is 0.392 e. The fourth-order valence-corrected chi connectivity index (χ4v) is 3.03. The van der Waals surface area contributed by atoms with Crippen LogP contribution < -0.4 is 4.18 Å². The van der Waals surface area contributed by atoms with Gasteiger partial charge in [-0.25, -0.2) is 4.21 Å². The number of para-hydroxylation sites is 1. The van der Waals surface area contributed by atoms with Crippen molar-refractivity contribution in [2.24, 2.45) is 4.36 Å². The van der Waals surface area contributed by atoms with Crippen molar-refractivity contribution in [3.63, 3.8) is 0 Å². The van der Waals surface area contributed by atoms with Crippen LogP contribution in [0.5, 0.6) is 5.75 Å². The van der Waals surface area contributed by atoms with E-state index in [2.05, 4.69) is 4.36 Å². The molecule has 0 radical (unpaired) electrons. The standard InChI is InChI=1S/C15H15NO3S/c1-12-8-10-15(11-9-12)20(18,16-13(2)17)19-14-6-4-3-5-7-14/h3-11H,1-2H3. The number of carbonyl (C=O) groups is 1. The first-order valence-corrected chi connectivity index (χ1v) is 7.52. The number of hydrogen-bond donors (Lipinski definition) is 0. The molecule has 0 heterocycles. The van der Waals surface area contributed by atoms with Crippen LogP contribution in [-0.2, 0) is 14.8 Å². The highest BCUT2D eigenvalue weighted by atomic mass is 32.2. The highest BCUT2D eigenvalue weighted by molar-refractivity contribution is 7.89. The average Bonchev–Trinajstić information content (AvgIpc) is 2.39. The SMILES string of the molecule is CC(=O)N=S(=O)(Oc1ccccc1)c1ccc(C)cc1. The number of rotatable bonds is 3. The lowest BCUT2D eigenvalue weighted by atomic mass is 10.2. The Kier molecular flexibility index (Phi) is 4.20. The first kappa shape index (κ1) is 14.3. The van der Waals surface area contributed by atoms with E-state index in [-0.39, 0.29) is 0 Å². The van der Waals surface area contributed by atoms with E-state index < -0.39 is 15.9 Å². The van der Waals surface area contributed by atoms with Crippen molar-refractivity contribution in [1.29, 1.82) is 0 Å². The van der Waals surface area contributed by atoms with Crippen LogP contribution in [0, 0.1) is 6.92 Å². The molecule has 0 bridgehead atoms. The summed E-state index contributed by atoms with van der Waals surface area (Å²) in [5.41, 5.74) is 1.03. The molecule has 2 rings (SSSR count). The molecule has 0 aliphatic heterocycles. The van der Waals surface area contributed by atoms with Gasteiger partial charge in [0.05, 0.1) is 4.90 Å². The Morgan fingerprint density at radius 1 is 1.05 bits per heavy atom. The van der Waals surface area contributed by atoms with Crippen LogP contribution in [0.15, 0.2) is 63.9 Å². The number of amides is 1. The quantitative estimate of drug-likeness (QED) is 0.870. The van der Waals surface area contributed by atoms with Crippen molar-refractivity contribution in [3.8, 4) is 5.75 Å². The first-order valence-electron chi connectivity index (χ1n) is 6.08. The third kappa shape index (κ3) is 3.45. The molecule has 0 spiro atoms. The van der Waals surface area contributed by atoms with E-state index in [1.54, 1.807) is 48.5 Å². The number of nitrogens with zero attached hydrogens (tertiary/aromatic N) is 1. The topological polar surface area (TPSA) is 55.7 Å². The van der Waals surface area contributed by atoms with Crippen molar-refractivity contribution < 1.29 is 13.2 Å². The molecular weight excluding hydrogens is 274 g/mol. The Morgan fingerprint density at radius 2 is 1.65 bits per heavy atom. The van der Waals surface area contributed by atoms with E-state index in [9.17, 15) is 9.00 Å². The molecule has 0 saturated heterocycles. The third-order valence-corrected chi connectivity index (χ3v) is 4.30. The molecule has 1 unspecified atom stereocenters. The van der Waals surface area contributed by atoms with Crippen LogP contribution in [-0.4, -0.2) is 10.1 Å². The molecular formula is C15H15NO3S. The van der Waals surface area contributed by atoms with Crippen LogP contribution in [0.3, 0.4) is 0 Å². The van der Waals surface area contributed by atoms with Gasteiger partial charge in [-0.2, -0.15) is 0 Å². The Labute approximate surface area is 118 Å². The number of hydrogen-bond acceptors (Lipinski definition) is 3. The highest BCUT2D eigenvalue weighted by Crippen LogP contribution is 2.20. The zero-order chi connectivity index (χ0) is 14.6. The second-order valence-corrected chi connectivity index (χ2v) is 6.07. The van der Waals surface area contributed by atoms with E-state index >= 15 is 0 Å². The van der Waals surface area contributed by atoms with Gasteiger partial charge >= 0.3 is 0 Å². The maximum Gasteiger partial charge on any atom is 0.253 e. The van der Waals surface area contributed by atoms with E-state index in [0.717, 1.165) is 5.56 Å². The molecule has 1 atom stereocenters. The minimum Gasteiger partial charge on any atom is -0.392 e. The van der Waals surface area contributed by atoms with E-state index in [1.165, 1.54) is 6.92 Å². The fraction of sp³-hybridized carbons (Fsp3) is 0.133. The molecule has 0 N–H and O–H groups in total. The summed E-state index contributed by atoms with van der Waals surface area (Å²) >= 11 is 0. The average molecular weight is 289 g/mol. The van der Waals surface area contributed by atoms with Gasteiger partial charge in [-0.3, -0.25) is 4.79 Å². The maximum absolute atomic E-state index is 12.9. The maximum atomic E-state index is 12.9. The lowest BCUT2D eigenvalue weighted by Gasteiger charge is -2.11. The summed E-state index contributed by atoms with van der Waals surface area (Å²) in [6.45, 7) is 3.17. The Hall–Kier alpha value is -2.14. The third-order valence-electron chi connectivity index (χ3n) is 2.52. The molecule has 2 aromatic rings. The summed E-state index contributed by atoms with van der Waals surface area (Å²) in [4.78, 5) is 11.6. The van der Waals surface area contributed by atoms with Crippen LogP contribution >= 0.6 is 0 Å². The predicted octanol–water partition coefficient (Wildman–Crippen LogP) is 3.36. The van der Waals surface area contributed by atoms with Crippen LogP contribution in [0.1, 0.15) is 12.5 Å². The van der Waals surface area contributed by atoms with Gasteiger partial charge in [0.1, 0.15) is 5.75 Å². The van der Waals surface area contributed by atoms with Crippen LogP contribution in [0.2, 0.25) is 0 Å². The highest BCUT2D eigenvalue weighted by Gasteiger charge is 2.16. The lowest BCUT2D eigenvalue weighted by molar-refractivity contribution is -0.115. The zero-order valence-electron chi connectivity index (χ0n) is 11.3. The van der Waals surface area contributed by atoms with Crippen molar-refractivity contribution in [2.75, 3.05) is 0 Å². The van der Waals surface area contributed by atoms with E-state index in [4.69, 9.17) is 4.18 Å². The van der Waals surface area contributed by atoms with Gasteiger partial charge in [-0.1, -0.05) is 35.9 Å². The molecule has 0 aliphatic rings. The summed E-state index contributed by atoms with van der Waals surface area (Å²) < 4.78 is 22.0. The molecule has 0 fully saturated rings. The van der Waals surface area contributed by atoms with Crippen LogP contribution in [0.4, 0.5) is 0 Å².